The van der Waals surface area contributed by atoms with Crippen LogP contribution in [0.25, 0.3) is 10.8 Å². The maximum Gasteiger partial charge on any atom is 0.151 e. The SMILES string of the molecule is CC(=NC1CCCCC1)c1cccc(C)c1O.Cc1cccc(C(=NC2CCCCC2)c2ccccc2)c1O.Oc1c(Cl)cccc1C=Nc1ccccc1.Oc1ccccc1C=NCCCN=Cc1ccccc1O.Oc1ccccc1C=Nc1cccc2ccncc12.Oc1ccccc1C=Nc1ccccn1. The van der Waals surface area contributed by atoms with Crippen molar-refractivity contribution in [2.24, 2.45) is 34.9 Å². The maximum atomic E-state index is 10.5. The molecule has 560 valence electrons. The zero-order valence-corrected chi connectivity index (χ0v) is 63.0. The summed E-state index contributed by atoms with van der Waals surface area (Å²) in [5.41, 5.74) is 11.6. The molecule has 2 aromatic heterocycles. The lowest BCUT2D eigenvalue weighted by Gasteiger charge is -2.20. The van der Waals surface area contributed by atoms with Crippen molar-refractivity contribution in [1.82, 2.24) is 9.97 Å². The average molecular weight is 1490 g/mol. The predicted octanol–water partition coefficient (Wildman–Crippen LogP) is 21.8. The number of rotatable bonds is 17. The van der Waals surface area contributed by atoms with Crippen LogP contribution in [0.5, 0.6) is 40.2 Å². The summed E-state index contributed by atoms with van der Waals surface area (Å²) in [6.45, 7) is 7.15. The summed E-state index contributed by atoms with van der Waals surface area (Å²) < 4.78 is 0. The molecular formula is C93H94ClN9O7. The fourth-order valence-electron chi connectivity index (χ4n) is 11.8. The second-order valence-corrected chi connectivity index (χ2v) is 26.5. The number of para-hydroxylation sites is 8. The van der Waals surface area contributed by atoms with Gasteiger partial charge in [0.1, 0.15) is 40.2 Å². The normalized spacial score (nSPS) is 13.3. The van der Waals surface area contributed by atoms with E-state index >= 15 is 0 Å². The molecule has 2 aliphatic carbocycles. The lowest BCUT2D eigenvalue weighted by molar-refractivity contribution is 0.443. The van der Waals surface area contributed by atoms with E-state index in [9.17, 15) is 35.7 Å². The number of hydrogen-bond donors (Lipinski definition) is 7. The third-order valence-electron chi connectivity index (χ3n) is 17.9. The van der Waals surface area contributed by atoms with Gasteiger partial charge < -0.3 is 35.7 Å². The van der Waals surface area contributed by atoms with Crippen LogP contribution in [-0.4, -0.2) is 113 Å². The number of aryl methyl sites for hydroxylation is 2. The van der Waals surface area contributed by atoms with Gasteiger partial charge in [-0.3, -0.25) is 34.9 Å². The van der Waals surface area contributed by atoms with Crippen molar-refractivity contribution in [1.29, 1.82) is 0 Å². The van der Waals surface area contributed by atoms with E-state index in [2.05, 4.69) is 47.1 Å². The molecule has 0 atom stereocenters. The molecule has 0 amide bonds. The van der Waals surface area contributed by atoms with Crippen molar-refractivity contribution in [3.63, 3.8) is 0 Å². The molecule has 14 rings (SSSR count). The first-order chi connectivity index (χ1) is 53.7. The van der Waals surface area contributed by atoms with Gasteiger partial charge in [-0.25, -0.2) is 9.98 Å². The first kappa shape index (κ1) is 81.4. The lowest BCUT2D eigenvalue weighted by Crippen LogP contribution is -2.15. The maximum absolute atomic E-state index is 10.5. The standard InChI is InChI=1S/C20H23NO.C17H18N2O2.C16H12N2O.C15H21NO.C13H10ClNO.C12H10N2O/c1-15-9-8-14-18(20(15)22)19(16-10-4-2-5-11-16)21-17-12-6-3-7-13-17;20-16-8-3-1-6-14(16)12-18-10-5-11-19-13-15-7-2-4-9-17(15)21;19-16-7-2-1-4-13(16)10-18-15-6-3-5-12-8-9-17-11-14(12)15;1-11-7-6-10-14(15(11)17)12(2)16-13-8-4-3-5-9-13;14-12-8-4-5-10(13(12)16)9-15-11-6-2-1-3-7-11;15-11-6-2-1-5-10(11)9-14-12-7-3-4-8-13-12/h2,4-5,8-11,14,17,22H,3,6-7,12-13H2,1H3;1-4,6-9,12-13,20-21H,5,10-11H2;1-11,19H;6-7,10,13,17H,3-5,8-9H2,1-2H3;1-9,16H;1-9,15H. The minimum atomic E-state index is 0.0591. The Bertz CT molecular complexity index is 5000. The van der Waals surface area contributed by atoms with Crippen LogP contribution in [0, 0.1) is 13.8 Å². The molecule has 2 aliphatic rings. The highest BCUT2D eigenvalue weighted by molar-refractivity contribution is 6.32. The third kappa shape index (κ3) is 26.4. The molecule has 0 spiro atoms. The Labute approximate surface area is 649 Å². The minimum Gasteiger partial charge on any atom is -0.507 e. The molecule has 7 N–H and O–H groups in total. The monoisotopic (exact) mass is 1480 g/mol. The number of halogens is 1. The molecule has 2 saturated carbocycles. The highest BCUT2D eigenvalue weighted by Gasteiger charge is 2.19. The Balaban J connectivity index is 0.000000153. The number of benzene rings is 10. The molecule has 0 radical (unpaired) electrons. The van der Waals surface area contributed by atoms with Crippen LogP contribution in [-0.2, 0) is 0 Å². The van der Waals surface area contributed by atoms with Gasteiger partial charge in [0.15, 0.2) is 5.82 Å². The Hall–Kier alpha value is -12.7. The molecule has 110 heavy (non-hydrogen) atoms. The van der Waals surface area contributed by atoms with Gasteiger partial charge in [0.05, 0.1) is 34.2 Å². The number of aromatic hydroxyl groups is 7. The van der Waals surface area contributed by atoms with E-state index < -0.39 is 0 Å². The van der Waals surface area contributed by atoms with Gasteiger partial charge in [-0.1, -0.05) is 196 Å². The van der Waals surface area contributed by atoms with E-state index in [4.69, 9.17) is 21.6 Å². The van der Waals surface area contributed by atoms with Crippen molar-refractivity contribution in [3.8, 4) is 40.2 Å². The topological polar surface area (TPSA) is 254 Å². The Morgan fingerprint density at radius 1 is 0.409 bits per heavy atom. The van der Waals surface area contributed by atoms with Gasteiger partial charge in [-0.15, -0.1) is 0 Å². The molecule has 0 saturated heterocycles. The smallest absolute Gasteiger partial charge is 0.151 e. The van der Waals surface area contributed by atoms with Gasteiger partial charge in [0.25, 0.3) is 0 Å². The summed E-state index contributed by atoms with van der Waals surface area (Å²) in [5, 5.41) is 70.9. The Kier molecular flexibility index (Phi) is 32.9. The number of aromatic nitrogens is 2. The summed E-state index contributed by atoms with van der Waals surface area (Å²) in [4.78, 5) is 39.3. The van der Waals surface area contributed by atoms with Crippen LogP contribution in [0.3, 0.4) is 0 Å². The molecule has 10 aromatic carbocycles. The largest absolute Gasteiger partial charge is 0.507 e. The second-order valence-electron chi connectivity index (χ2n) is 26.1. The van der Waals surface area contributed by atoms with E-state index in [0.29, 0.717) is 64.2 Å². The van der Waals surface area contributed by atoms with E-state index in [1.807, 2.05) is 185 Å². The number of hydrogen-bond acceptors (Lipinski definition) is 16. The second kappa shape index (κ2) is 44.5. The third-order valence-corrected chi connectivity index (χ3v) is 18.2. The van der Waals surface area contributed by atoms with Crippen molar-refractivity contribution in [3.05, 3.63) is 334 Å². The van der Waals surface area contributed by atoms with Gasteiger partial charge in [0.2, 0.25) is 0 Å². The fourth-order valence-corrected chi connectivity index (χ4v) is 12.0. The van der Waals surface area contributed by atoms with E-state index in [0.717, 1.165) is 91.8 Å². The van der Waals surface area contributed by atoms with Crippen molar-refractivity contribution < 1.29 is 35.7 Å². The van der Waals surface area contributed by atoms with Gasteiger partial charge >= 0.3 is 0 Å². The summed E-state index contributed by atoms with van der Waals surface area (Å²) >= 11 is 5.78. The minimum absolute atomic E-state index is 0.0591. The van der Waals surface area contributed by atoms with Crippen molar-refractivity contribution in [2.75, 3.05) is 13.1 Å². The van der Waals surface area contributed by atoms with Crippen LogP contribution in [0.2, 0.25) is 5.02 Å². The van der Waals surface area contributed by atoms with E-state index in [-0.39, 0.29) is 28.7 Å². The summed E-state index contributed by atoms with van der Waals surface area (Å²) in [7, 11) is 0. The van der Waals surface area contributed by atoms with Crippen LogP contribution in [0.15, 0.2) is 308 Å². The number of phenols is 7. The highest BCUT2D eigenvalue weighted by atomic mass is 35.5. The van der Waals surface area contributed by atoms with Crippen LogP contribution < -0.4 is 0 Å². The molecule has 0 unspecified atom stereocenters. The molecule has 16 nitrogen and oxygen atoms in total. The van der Waals surface area contributed by atoms with E-state index in [1.165, 1.54) is 51.4 Å². The Morgan fingerprint density at radius 2 is 0.873 bits per heavy atom. The van der Waals surface area contributed by atoms with Crippen LogP contribution in [0.1, 0.15) is 133 Å². The zero-order chi connectivity index (χ0) is 77.5. The predicted molar refractivity (Wildman–Crippen MR) is 453 cm³/mol. The molecule has 0 bridgehead atoms. The number of pyridine rings is 2. The van der Waals surface area contributed by atoms with Gasteiger partial charge in [-0.05, 0) is 179 Å². The number of nitrogens with zero attached hydrogens (tertiary/aromatic N) is 9. The summed E-state index contributed by atoms with van der Waals surface area (Å²) in [6.07, 6.45) is 26.7. The summed E-state index contributed by atoms with van der Waals surface area (Å²) in [6, 6.07) is 79.2. The first-order valence-corrected chi connectivity index (χ1v) is 37.3. The molecule has 12 aromatic rings. The lowest BCUT2D eigenvalue weighted by atomic mass is 9.94. The molecular weight excluding hydrogens is 1390 g/mol. The van der Waals surface area contributed by atoms with Gasteiger partial charge in [0, 0.05) is 118 Å². The molecule has 2 heterocycles. The average Bonchev–Trinajstić information content (AvgIpc) is 0.820. The quantitative estimate of drug-likeness (QED) is 0.0338. The number of fused-ring (bicyclic) bond motifs is 1. The highest BCUT2D eigenvalue weighted by Crippen LogP contribution is 2.31. The summed E-state index contributed by atoms with van der Waals surface area (Å²) in [5.74, 6) is 2.33. The van der Waals surface area contributed by atoms with Gasteiger partial charge in [-0.2, -0.15) is 0 Å². The Morgan fingerprint density at radius 3 is 1.43 bits per heavy atom. The van der Waals surface area contributed by atoms with Crippen LogP contribution in [0.4, 0.5) is 17.2 Å². The van der Waals surface area contributed by atoms with Crippen molar-refractivity contribution in [2.45, 2.75) is 103 Å². The fraction of sp³-hybridized carbons (Fsp3) is 0.194. The first-order valence-electron chi connectivity index (χ1n) is 36.9. The molecule has 0 aliphatic heterocycles. The van der Waals surface area contributed by atoms with Crippen molar-refractivity contribution >= 4 is 82.1 Å². The number of aliphatic imine (C=N–C) groups is 7. The molecule has 2 fully saturated rings. The zero-order valence-electron chi connectivity index (χ0n) is 62.2. The van der Waals surface area contributed by atoms with E-state index in [1.54, 1.807) is 129 Å². The number of phenolic OH excluding ortho intramolecular Hbond substituents is 7. The molecule has 17 heteroatoms. The van der Waals surface area contributed by atoms with Crippen LogP contribution >= 0.6 is 11.6 Å².